The lowest BCUT2D eigenvalue weighted by molar-refractivity contribution is -0.114. The summed E-state index contributed by atoms with van der Waals surface area (Å²) in [6.45, 7) is 5.96. The number of nitrogens with one attached hydrogen (secondary N) is 2. The first-order valence-corrected chi connectivity index (χ1v) is 7.50. The molecule has 2 fully saturated rings. The molecule has 1 atom stereocenters. The lowest BCUT2D eigenvalue weighted by atomic mass is 10.1. The van der Waals surface area contributed by atoms with Gasteiger partial charge in [0.2, 0.25) is 5.91 Å². The summed E-state index contributed by atoms with van der Waals surface area (Å²) in [4.78, 5) is 13.7. The Bertz CT molecular complexity index is 510. The van der Waals surface area contributed by atoms with Gasteiger partial charge in [-0.15, -0.1) is 0 Å². The molecule has 0 aromatic heterocycles. The lowest BCUT2D eigenvalue weighted by Gasteiger charge is -2.17. The normalized spacial score (nSPS) is 22.8. The van der Waals surface area contributed by atoms with Crippen molar-refractivity contribution >= 4 is 17.3 Å². The number of amides is 1. The van der Waals surface area contributed by atoms with Gasteiger partial charge in [0.25, 0.3) is 0 Å². The van der Waals surface area contributed by atoms with Crippen LogP contribution in [0.1, 0.15) is 31.7 Å². The fourth-order valence-electron chi connectivity index (χ4n) is 3.00. The first kappa shape index (κ1) is 13.4. The Kier molecular flexibility index (Phi) is 3.66. The molecule has 1 aliphatic carbocycles. The fraction of sp³-hybridized carbons (Fsp3) is 0.562. The number of carbonyl (C=O) groups excluding carboxylic acids is 1. The van der Waals surface area contributed by atoms with E-state index in [1.807, 2.05) is 13.0 Å². The molecule has 0 spiro atoms. The zero-order valence-electron chi connectivity index (χ0n) is 12.3. The molecule has 108 valence electrons. The second kappa shape index (κ2) is 5.44. The molecule has 2 aliphatic rings. The third kappa shape index (κ3) is 3.12. The highest BCUT2D eigenvalue weighted by Crippen LogP contribution is 2.31. The average Bonchev–Trinajstić information content (AvgIpc) is 3.14. The molecule has 4 nitrogen and oxygen atoms in total. The molecular weight excluding hydrogens is 250 g/mol. The summed E-state index contributed by atoms with van der Waals surface area (Å²) in [7, 11) is 0. The maximum Gasteiger partial charge on any atom is 0.221 e. The summed E-state index contributed by atoms with van der Waals surface area (Å²) in [5, 5.41) is 6.47. The van der Waals surface area contributed by atoms with E-state index >= 15 is 0 Å². The number of rotatable bonds is 4. The van der Waals surface area contributed by atoms with Gasteiger partial charge in [-0.05, 0) is 49.9 Å². The number of carbonyl (C=O) groups is 1. The molecule has 2 N–H and O–H groups in total. The summed E-state index contributed by atoms with van der Waals surface area (Å²) >= 11 is 0. The van der Waals surface area contributed by atoms with Crippen molar-refractivity contribution in [1.29, 1.82) is 0 Å². The van der Waals surface area contributed by atoms with Gasteiger partial charge >= 0.3 is 0 Å². The highest BCUT2D eigenvalue weighted by Gasteiger charge is 2.34. The molecule has 4 heteroatoms. The maximum atomic E-state index is 11.1. The average molecular weight is 273 g/mol. The van der Waals surface area contributed by atoms with Crippen molar-refractivity contribution in [3.05, 3.63) is 23.8 Å². The van der Waals surface area contributed by atoms with E-state index in [1.165, 1.54) is 32.7 Å². The molecule has 3 rings (SSSR count). The number of benzene rings is 1. The molecule has 1 aliphatic heterocycles. The summed E-state index contributed by atoms with van der Waals surface area (Å²) in [6, 6.07) is 7.57. The predicted octanol–water partition coefficient (Wildman–Crippen LogP) is 2.60. The quantitative estimate of drug-likeness (QED) is 0.886. The van der Waals surface area contributed by atoms with Crippen molar-refractivity contribution < 1.29 is 4.79 Å². The van der Waals surface area contributed by atoms with Gasteiger partial charge in [-0.2, -0.15) is 0 Å². The molecule has 1 saturated heterocycles. The topological polar surface area (TPSA) is 44.4 Å². The first-order valence-electron chi connectivity index (χ1n) is 7.50. The summed E-state index contributed by atoms with van der Waals surface area (Å²) in [5.41, 5.74) is 3.15. The van der Waals surface area contributed by atoms with Gasteiger partial charge in [0.15, 0.2) is 0 Å². The highest BCUT2D eigenvalue weighted by atomic mass is 16.1. The Morgan fingerprint density at radius 2 is 2.10 bits per heavy atom. The molecule has 1 heterocycles. The van der Waals surface area contributed by atoms with E-state index < -0.39 is 0 Å². The summed E-state index contributed by atoms with van der Waals surface area (Å²) < 4.78 is 0. The zero-order valence-corrected chi connectivity index (χ0v) is 12.3. The SMILES string of the molecule is CC(=O)Nc1ccc(NC2CCN(C3CC3)C2)cc1C. The van der Waals surface area contributed by atoms with Crippen LogP contribution in [-0.2, 0) is 4.79 Å². The lowest BCUT2D eigenvalue weighted by Crippen LogP contribution is -2.27. The van der Waals surface area contributed by atoms with Crippen molar-refractivity contribution in [2.75, 3.05) is 23.7 Å². The number of anilines is 2. The van der Waals surface area contributed by atoms with Gasteiger partial charge in [0.05, 0.1) is 0 Å². The van der Waals surface area contributed by atoms with Crippen LogP contribution in [0.3, 0.4) is 0 Å². The molecular formula is C16H23N3O. The molecule has 1 amide bonds. The van der Waals surface area contributed by atoms with Crippen LogP contribution in [0, 0.1) is 6.92 Å². The van der Waals surface area contributed by atoms with Crippen molar-refractivity contribution in [3.63, 3.8) is 0 Å². The van der Waals surface area contributed by atoms with E-state index in [0.717, 1.165) is 29.5 Å². The smallest absolute Gasteiger partial charge is 0.221 e. The third-order valence-electron chi connectivity index (χ3n) is 4.19. The van der Waals surface area contributed by atoms with E-state index in [9.17, 15) is 4.79 Å². The molecule has 0 radical (unpaired) electrons. The van der Waals surface area contributed by atoms with Crippen molar-refractivity contribution in [2.24, 2.45) is 0 Å². The van der Waals surface area contributed by atoms with Crippen molar-refractivity contribution in [3.8, 4) is 0 Å². The number of hydrogen-bond acceptors (Lipinski definition) is 3. The van der Waals surface area contributed by atoms with Crippen LogP contribution in [0.5, 0.6) is 0 Å². The van der Waals surface area contributed by atoms with Gasteiger partial charge in [-0.25, -0.2) is 0 Å². The number of hydrogen-bond donors (Lipinski definition) is 2. The zero-order chi connectivity index (χ0) is 14.1. The van der Waals surface area contributed by atoms with Crippen LogP contribution in [-0.4, -0.2) is 36.0 Å². The molecule has 20 heavy (non-hydrogen) atoms. The number of likely N-dealkylation sites (tertiary alicyclic amines) is 1. The Labute approximate surface area is 120 Å². The summed E-state index contributed by atoms with van der Waals surface area (Å²) in [6.07, 6.45) is 4.00. The van der Waals surface area contributed by atoms with Crippen LogP contribution in [0.15, 0.2) is 18.2 Å². The maximum absolute atomic E-state index is 11.1. The van der Waals surface area contributed by atoms with Gasteiger partial charge < -0.3 is 10.6 Å². The monoisotopic (exact) mass is 273 g/mol. The van der Waals surface area contributed by atoms with Crippen LogP contribution >= 0.6 is 0 Å². The van der Waals surface area contributed by atoms with Crippen LogP contribution in [0.25, 0.3) is 0 Å². The Morgan fingerprint density at radius 3 is 2.75 bits per heavy atom. The minimum Gasteiger partial charge on any atom is -0.381 e. The molecule has 0 bridgehead atoms. The molecule has 1 aromatic carbocycles. The highest BCUT2D eigenvalue weighted by molar-refractivity contribution is 5.89. The van der Waals surface area contributed by atoms with E-state index in [1.54, 1.807) is 0 Å². The Morgan fingerprint density at radius 1 is 1.30 bits per heavy atom. The third-order valence-corrected chi connectivity index (χ3v) is 4.19. The first-order chi connectivity index (χ1) is 9.61. The largest absolute Gasteiger partial charge is 0.381 e. The Balaban J connectivity index is 1.60. The van der Waals surface area contributed by atoms with Gasteiger partial charge in [0.1, 0.15) is 0 Å². The molecule has 1 saturated carbocycles. The van der Waals surface area contributed by atoms with E-state index in [0.29, 0.717) is 6.04 Å². The second-order valence-electron chi connectivity index (χ2n) is 6.07. The molecule has 1 aromatic rings. The summed E-state index contributed by atoms with van der Waals surface area (Å²) in [5.74, 6) is -0.0234. The number of nitrogens with zero attached hydrogens (tertiary/aromatic N) is 1. The number of aryl methyl sites for hydroxylation is 1. The minimum absolute atomic E-state index is 0.0234. The van der Waals surface area contributed by atoms with Crippen LogP contribution < -0.4 is 10.6 Å². The van der Waals surface area contributed by atoms with Crippen molar-refractivity contribution in [1.82, 2.24) is 4.90 Å². The fourth-order valence-corrected chi connectivity index (χ4v) is 3.00. The van der Waals surface area contributed by atoms with Crippen LogP contribution in [0.4, 0.5) is 11.4 Å². The molecule has 1 unspecified atom stereocenters. The second-order valence-corrected chi connectivity index (χ2v) is 6.07. The van der Waals surface area contributed by atoms with Crippen molar-refractivity contribution in [2.45, 2.75) is 45.2 Å². The van der Waals surface area contributed by atoms with Gasteiger partial charge in [-0.3, -0.25) is 9.69 Å². The van der Waals surface area contributed by atoms with E-state index in [-0.39, 0.29) is 5.91 Å². The standard InChI is InChI=1S/C16H23N3O/c1-11-9-13(3-6-16(11)17-12(2)20)18-14-7-8-19(10-14)15-4-5-15/h3,6,9,14-15,18H,4-5,7-8,10H2,1-2H3,(H,17,20). The van der Waals surface area contributed by atoms with E-state index in [2.05, 4.69) is 27.7 Å². The van der Waals surface area contributed by atoms with Gasteiger partial charge in [0, 0.05) is 43.5 Å². The Hall–Kier alpha value is -1.55. The van der Waals surface area contributed by atoms with Crippen LogP contribution in [0.2, 0.25) is 0 Å². The van der Waals surface area contributed by atoms with Gasteiger partial charge in [-0.1, -0.05) is 0 Å². The predicted molar refractivity (Wildman–Crippen MR) is 82.1 cm³/mol. The minimum atomic E-state index is -0.0234. The van der Waals surface area contributed by atoms with E-state index in [4.69, 9.17) is 0 Å².